The van der Waals surface area contributed by atoms with Crippen molar-refractivity contribution in [3.8, 4) is 0 Å². The molecule has 0 aromatic carbocycles. The number of piperidine rings is 1. The number of nitrogens with zero attached hydrogens (tertiary/aromatic N) is 2. The number of aromatic nitrogens is 1. The van der Waals surface area contributed by atoms with Gasteiger partial charge in [-0.2, -0.15) is 0 Å². The van der Waals surface area contributed by atoms with Crippen LogP contribution in [-0.2, 0) is 6.54 Å². The van der Waals surface area contributed by atoms with Crippen LogP contribution in [0.3, 0.4) is 0 Å². The Balaban J connectivity index is 1.92. The van der Waals surface area contributed by atoms with Crippen LogP contribution in [0.15, 0.2) is 18.3 Å². The van der Waals surface area contributed by atoms with Gasteiger partial charge in [0.25, 0.3) is 0 Å². The predicted molar refractivity (Wildman–Crippen MR) is 66.6 cm³/mol. The molecule has 5 nitrogen and oxygen atoms in total. The van der Waals surface area contributed by atoms with Crippen LogP contribution in [0, 0.1) is 0 Å². The molecule has 5 heteroatoms. The average Bonchev–Trinajstić information content (AvgIpc) is 2.40. The standard InChI is InChI=1S/C12H18N4O/c13-8-10-4-5-11(14-9-10)15-12(17)16-6-2-1-3-7-16/h4-5,9H,1-3,6-8,13H2,(H,14,15,17). The van der Waals surface area contributed by atoms with E-state index in [1.54, 1.807) is 12.3 Å². The fourth-order valence-corrected chi connectivity index (χ4v) is 1.90. The van der Waals surface area contributed by atoms with Crippen molar-refractivity contribution in [2.75, 3.05) is 18.4 Å². The molecule has 0 saturated carbocycles. The molecule has 1 aromatic rings. The van der Waals surface area contributed by atoms with E-state index in [2.05, 4.69) is 10.3 Å². The summed E-state index contributed by atoms with van der Waals surface area (Å²) in [6.45, 7) is 2.15. The number of anilines is 1. The van der Waals surface area contributed by atoms with E-state index in [1.165, 1.54) is 6.42 Å². The fraction of sp³-hybridized carbons (Fsp3) is 0.500. The van der Waals surface area contributed by atoms with Gasteiger partial charge in [0.05, 0.1) is 0 Å². The number of carbonyl (C=O) groups excluding carboxylic acids is 1. The smallest absolute Gasteiger partial charge is 0.323 e. The predicted octanol–water partition coefficient (Wildman–Crippen LogP) is 1.56. The van der Waals surface area contributed by atoms with Crippen molar-refractivity contribution in [1.29, 1.82) is 0 Å². The highest BCUT2D eigenvalue weighted by atomic mass is 16.2. The summed E-state index contributed by atoms with van der Waals surface area (Å²) < 4.78 is 0. The number of hydrogen-bond acceptors (Lipinski definition) is 3. The van der Waals surface area contributed by atoms with E-state index in [9.17, 15) is 4.79 Å². The summed E-state index contributed by atoms with van der Waals surface area (Å²) in [5.41, 5.74) is 6.44. The SMILES string of the molecule is NCc1ccc(NC(=O)N2CCCCC2)nc1. The van der Waals surface area contributed by atoms with E-state index >= 15 is 0 Å². The maximum Gasteiger partial charge on any atom is 0.323 e. The number of pyridine rings is 1. The van der Waals surface area contributed by atoms with Crippen molar-refractivity contribution in [1.82, 2.24) is 9.88 Å². The van der Waals surface area contributed by atoms with Crippen LogP contribution in [0.1, 0.15) is 24.8 Å². The maximum absolute atomic E-state index is 11.9. The molecule has 17 heavy (non-hydrogen) atoms. The third kappa shape index (κ3) is 3.17. The first-order chi connectivity index (χ1) is 8.29. The van der Waals surface area contributed by atoms with Crippen molar-refractivity contribution < 1.29 is 4.79 Å². The summed E-state index contributed by atoms with van der Waals surface area (Å²) in [6, 6.07) is 3.60. The molecule has 1 fully saturated rings. The number of carbonyl (C=O) groups is 1. The maximum atomic E-state index is 11.9. The Morgan fingerprint density at radius 3 is 2.71 bits per heavy atom. The van der Waals surface area contributed by atoms with Crippen LogP contribution in [0.25, 0.3) is 0 Å². The molecule has 0 bridgehead atoms. The molecule has 2 amide bonds. The summed E-state index contributed by atoms with van der Waals surface area (Å²) in [7, 11) is 0. The second kappa shape index (κ2) is 5.63. The molecule has 2 heterocycles. The lowest BCUT2D eigenvalue weighted by atomic mass is 10.1. The normalized spacial score (nSPS) is 15.7. The number of amides is 2. The number of urea groups is 1. The van der Waals surface area contributed by atoms with Gasteiger partial charge < -0.3 is 10.6 Å². The number of nitrogens with two attached hydrogens (primary N) is 1. The van der Waals surface area contributed by atoms with Crippen molar-refractivity contribution in [3.05, 3.63) is 23.9 Å². The van der Waals surface area contributed by atoms with Crippen LogP contribution < -0.4 is 11.1 Å². The highest BCUT2D eigenvalue weighted by Crippen LogP contribution is 2.11. The van der Waals surface area contributed by atoms with E-state index in [1.807, 2.05) is 11.0 Å². The molecule has 0 atom stereocenters. The lowest BCUT2D eigenvalue weighted by molar-refractivity contribution is 0.200. The van der Waals surface area contributed by atoms with Crippen LogP contribution >= 0.6 is 0 Å². The second-order valence-corrected chi connectivity index (χ2v) is 4.23. The van der Waals surface area contributed by atoms with E-state index in [0.717, 1.165) is 31.5 Å². The van der Waals surface area contributed by atoms with E-state index < -0.39 is 0 Å². The molecule has 1 aliphatic rings. The number of likely N-dealkylation sites (tertiary alicyclic amines) is 1. The Morgan fingerprint density at radius 2 is 2.12 bits per heavy atom. The van der Waals surface area contributed by atoms with Gasteiger partial charge in [-0.25, -0.2) is 9.78 Å². The topological polar surface area (TPSA) is 71.2 Å². The highest BCUT2D eigenvalue weighted by molar-refractivity contribution is 5.88. The molecule has 0 unspecified atom stereocenters. The molecule has 3 N–H and O–H groups in total. The van der Waals surface area contributed by atoms with E-state index in [0.29, 0.717) is 12.4 Å². The Bertz CT molecular complexity index is 371. The van der Waals surface area contributed by atoms with Gasteiger partial charge in [0.2, 0.25) is 0 Å². The van der Waals surface area contributed by atoms with Gasteiger partial charge in [0, 0.05) is 25.8 Å². The zero-order chi connectivity index (χ0) is 12.1. The molecule has 0 radical (unpaired) electrons. The van der Waals surface area contributed by atoms with Gasteiger partial charge in [0.15, 0.2) is 0 Å². The van der Waals surface area contributed by atoms with E-state index in [-0.39, 0.29) is 6.03 Å². The van der Waals surface area contributed by atoms with Crippen LogP contribution in [0.4, 0.5) is 10.6 Å². The van der Waals surface area contributed by atoms with Gasteiger partial charge in [-0.1, -0.05) is 6.07 Å². The Kier molecular flexibility index (Phi) is 3.93. The summed E-state index contributed by atoms with van der Waals surface area (Å²) in [4.78, 5) is 17.9. The zero-order valence-electron chi connectivity index (χ0n) is 9.85. The van der Waals surface area contributed by atoms with Crippen molar-refractivity contribution in [2.24, 2.45) is 5.73 Å². The molecule has 1 aromatic heterocycles. The van der Waals surface area contributed by atoms with Gasteiger partial charge in [0.1, 0.15) is 5.82 Å². The molecule has 2 rings (SSSR count). The van der Waals surface area contributed by atoms with Crippen LogP contribution in [0.5, 0.6) is 0 Å². The first-order valence-electron chi connectivity index (χ1n) is 6.00. The molecular formula is C12H18N4O. The lowest BCUT2D eigenvalue weighted by Crippen LogP contribution is -2.38. The number of rotatable bonds is 2. The van der Waals surface area contributed by atoms with Gasteiger partial charge in [-0.15, -0.1) is 0 Å². The van der Waals surface area contributed by atoms with Crippen molar-refractivity contribution in [3.63, 3.8) is 0 Å². The van der Waals surface area contributed by atoms with Crippen molar-refractivity contribution >= 4 is 11.8 Å². The molecule has 0 aliphatic carbocycles. The second-order valence-electron chi connectivity index (χ2n) is 4.23. The Morgan fingerprint density at radius 1 is 1.35 bits per heavy atom. The minimum atomic E-state index is -0.0577. The first-order valence-corrected chi connectivity index (χ1v) is 6.00. The first kappa shape index (κ1) is 11.9. The van der Waals surface area contributed by atoms with E-state index in [4.69, 9.17) is 5.73 Å². The largest absolute Gasteiger partial charge is 0.326 e. The molecule has 1 aliphatic heterocycles. The van der Waals surface area contributed by atoms with Gasteiger partial charge in [-0.05, 0) is 30.9 Å². The molecule has 1 saturated heterocycles. The highest BCUT2D eigenvalue weighted by Gasteiger charge is 2.16. The summed E-state index contributed by atoms with van der Waals surface area (Å²) in [5, 5.41) is 2.80. The van der Waals surface area contributed by atoms with Crippen molar-refractivity contribution in [2.45, 2.75) is 25.8 Å². The zero-order valence-corrected chi connectivity index (χ0v) is 9.85. The minimum Gasteiger partial charge on any atom is -0.326 e. The molecular weight excluding hydrogens is 216 g/mol. The third-order valence-corrected chi connectivity index (χ3v) is 2.94. The van der Waals surface area contributed by atoms with Crippen LogP contribution in [0.2, 0.25) is 0 Å². The third-order valence-electron chi connectivity index (χ3n) is 2.94. The van der Waals surface area contributed by atoms with Crippen LogP contribution in [-0.4, -0.2) is 29.0 Å². The minimum absolute atomic E-state index is 0.0577. The Hall–Kier alpha value is -1.62. The fourth-order valence-electron chi connectivity index (χ4n) is 1.90. The average molecular weight is 234 g/mol. The summed E-state index contributed by atoms with van der Waals surface area (Å²) >= 11 is 0. The van der Waals surface area contributed by atoms with Gasteiger partial charge in [-0.3, -0.25) is 5.32 Å². The molecule has 0 spiro atoms. The summed E-state index contributed by atoms with van der Waals surface area (Å²) in [5.74, 6) is 0.581. The summed E-state index contributed by atoms with van der Waals surface area (Å²) in [6.07, 6.45) is 5.08. The molecule has 92 valence electrons. The quantitative estimate of drug-likeness (QED) is 0.815. The van der Waals surface area contributed by atoms with Gasteiger partial charge >= 0.3 is 6.03 Å². The number of nitrogens with one attached hydrogen (secondary N) is 1. The monoisotopic (exact) mass is 234 g/mol. The Labute approximate surface area is 101 Å². The lowest BCUT2D eigenvalue weighted by Gasteiger charge is -2.26. The number of hydrogen-bond donors (Lipinski definition) is 2.